The van der Waals surface area contributed by atoms with Crippen LogP contribution in [0, 0.1) is 18.6 Å². The Hall–Kier alpha value is -0.970. The first-order chi connectivity index (χ1) is 8.90. The van der Waals surface area contributed by atoms with Crippen molar-refractivity contribution in [3.8, 4) is 0 Å². The van der Waals surface area contributed by atoms with E-state index in [4.69, 9.17) is 11.6 Å². The van der Waals surface area contributed by atoms with Crippen molar-refractivity contribution in [2.45, 2.75) is 13.0 Å². The molecule has 0 heterocycles. The molecule has 0 amide bonds. The molecule has 0 aliphatic heterocycles. The van der Waals surface area contributed by atoms with E-state index in [2.05, 4.69) is 15.9 Å². The van der Waals surface area contributed by atoms with E-state index in [0.29, 0.717) is 10.0 Å². The number of hydrogen-bond acceptors (Lipinski definition) is 1. The summed E-state index contributed by atoms with van der Waals surface area (Å²) in [6.07, 6.45) is -1.26. The van der Waals surface area contributed by atoms with Gasteiger partial charge in [0.05, 0.1) is 5.02 Å². The van der Waals surface area contributed by atoms with Gasteiger partial charge in [-0.05, 0) is 52.2 Å². The van der Waals surface area contributed by atoms with Gasteiger partial charge < -0.3 is 5.11 Å². The summed E-state index contributed by atoms with van der Waals surface area (Å²) in [7, 11) is 0. The molecule has 0 aromatic heterocycles. The number of rotatable bonds is 2. The normalized spacial score (nSPS) is 12.5. The summed E-state index contributed by atoms with van der Waals surface area (Å²) in [6, 6.07) is 7.06. The molecular weight excluding hydrogens is 338 g/mol. The first kappa shape index (κ1) is 14.4. The predicted octanol–water partition coefficient (Wildman–Crippen LogP) is 4.77. The molecule has 0 saturated carbocycles. The SMILES string of the molecule is Cc1cc(F)cc(C(O)c2ccc(Br)c(Cl)c2F)c1. The van der Waals surface area contributed by atoms with Crippen molar-refractivity contribution in [2.75, 3.05) is 0 Å². The van der Waals surface area contributed by atoms with E-state index in [1.54, 1.807) is 13.0 Å². The van der Waals surface area contributed by atoms with Gasteiger partial charge in [-0.1, -0.05) is 23.7 Å². The van der Waals surface area contributed by atoms with Gasteiger partial charge in [0.25, 0.3) is 0 Å². The van der Waals surface area contributed by atoms with Crippen LogP contribution in [0.2, 0.25) is 5.02 Å². The minimum absolute atomic E-state index is 0.0122. The van der Waals surface area contributed by atoms with Gasteiger partial charge in [-0.3, -0.25) is 0 Å². The second kappa shape index (κ2) is 5.57. The van der Waals surface area contributed by atoms with Crippen LogP contribution >= 0.6 is 27.5 Å². The van der Waals surface area contributed by atoms with Crippen LogP contribution in [0.1, 0.15) is 22.8 Å². The van der Waals surface area contributed by atoms with E-state index < -0.39 is 17.7 Å². The lowest BCUT2D eigenvalue weighted by molar-refractivity contribution is 0.214. The highest BCUT2D eigenvalue weighted by atomic mass is 79.9. The topological polar surface area (TPSA) is 20.2 Å². The quantitative estimate of drug-likeness (QED) is 0.776. The van der Waals surface area contributed by atoms with E-state index in [1.165, 1.54) is 24.3 Å². The van der Waals surface area contributed by atoms with Crippen molar-refractivity contribution in [2.24, 2.45) is 0 Å². The smallest absolute Gasteiger partial charge is 0.149 e. The molecule has 2 aromatic carbocycles. The maximum atomic E-state index is 14.0. The van der Waals surface area contributed by atoms with Crippen LogP contribution in [-0.2, 0) is 0 Å². The van der Waals surface area contributed by atoms with Crippen molar-refractivity contribution < 1.29 is 13.9 Å². The van der Waals surface area contributed by atoms with Crippen LogP contribution in [0.3, 0.4) is 0 Å². The molecule has 5 heteroatoms. The van der Waals surface area contributed by atoms with Gasteiger partial charge >= 0.3 is 0 Å². The summed E-state index contributed by atoms with van der Waals surface area (Å²) in [6.45, 7) is 1.70. The molecular formula is C14H10BrClF2O. The minimum Gasteiger partial charge on any atom is -0.384 e. The fourth-order valence-electron chi connectivity index (χ4n) is 1.85. The summed E-state index contributed by atoms with van der Waals surface area (Å²) in [4.78, 5) is 0. The zero-order valence-electron chi connectivity index (χ0n) is 9.92. The second-order valence-electron chi connectivity index (χ2n) is 4.23. The first-order valence-electron chi connectivity index (χ1n) is 5.48. The third-order valence-electron chi connectivity index (χ3n) is 2.74. The largest absolute Gasteiger partial charge is 0.384 e. The minimum atomic E-state index is -1.26. The number of aliphatic hydroxyl groups is 1. The lowest BCUT2D eigenvalue weighted by Gasteiger charge is -2.14. The van der Waals surface area contributed by atoms with Crippen LogP contribution in [0.25, 0.3) is 0 Å². The Morgan fingerprint density at radius 2 is 1.89 bits per heavy atom. The fraction of sp³-hybridized carbons (Fsp3) is 0.143. The molecule has 2 rings (SSSR count). The Balaban J connectivity index is 2.50. The standard InChI is InChI=1S/C14H10BrClF2O/c1-7-4-8(6-9(17)5-7)14(19)10-2-3-11(15)12(16)13(10)18/h2-6,14,19H,1H3. The van der Waals surface area contributed by atoms with Crippen molar-refractivity contribution in [3.05, 3.63) is 68.2 Å². The maximum absolute atomic E-state index is 14.0. The van der Waals surface area contributed by atoms with E-state index in [1.807, 2.05) is 0 Å². The van der Waals surface area contributed by atoms with E-state index in [9.17, 15) is 13.9 Å². The fourth-order valence-corrected chi connectivity index (χ4v) is 2.33. The van der Waals surface area contributed by atoms with Gasteiger partial charge in [0.1, 0.15) is 17.7 Å². The molecule has 1 N–H and O–H groups in total. The zero-order valence-corrected chi connectivity index (χ0v) is 12.3. The number of aliphatic hydroxyl groups excluding tert-OH is 1. The summed E-state index contributed by atoms with van der Waals surface area (Å²) in [5, 5.41) is 10.0. The highest BCUT2D eigenvalue weighted by Gasteiger charge is 2.19. The van der Waals surface area contributed by atoms with Crippen molar-refractivity contribution in [1.29, 1.82) is 0 Å². The van der Waals surface area contributed by atoms with Crippen LogP contribution in [0.15, 0.2) is 34.8 Å². The molecule has 2 aromatic rings. The van der Waals surface area contributed by atoms with Crippen LogP contribution in [0.5, 0.6) is 0 Å². The average Bonchev–Trinajstić information content (AvgIpc) is 2.34. The molecule has 0 fully saturated rings. The second-order valence-corrected chi connectivity index (χ2v) is 5.46. The van der Waals surface area contributed by atoms with E-state index >= 15 is 0 Å². The molecule has 19 heavy (non-hydrogen) atoms. The first-order valence-corrected chi connectivity index (χ1v) is 6.66. The zero-order chi connectivity index (χ0) is 14.2. The van der Waals surface area contributed by atoms with Crippen LogP contribution in [-0.4, -0.2) is 5.11 Å². The Bertz CT molecular complexity index is 611. The molecule has 100 valence electrons. The van der Waals surface area contributed by atoms with Crippen LogP contribution < -0.4 is 0 Å². The summed E-state index contributed by atoms with van der Waals surface area (Å²) in [5.74, 6) is -1.19. The van der Waals surface area contributed by atoms with E-state index in [0.717, 1.165) is 0 Å². The highest BCUT2D eigenvalue weighted by Crippen LogP contribution is 2.33. The Labute approximate surface area is 123 Å². The molecule has 0 saturated heterocycles. The Kier molecular flexibility index (Phi) is 4.23. The molecule has 1 unspecified atom stereocenters. The number of aryl methyl sites for hydroxylation is 1. The van der Waals surface area contributed by atoms with Crippen molar-refractivity contribution in [1.82, 2.24) is 0 Å². The number of hydrogen-bond donors (Lipinski definition) is 1. The third-order valence-corrected chi connectivity index (χ3v) is 4.00. The molecule has 0 spiro atoms. The van der Waals surface area contributed by atoms with Gasteiger partial charge in [0.15, 0.2) is 0 Å². The van der Waals surface area contributed by atoms with Crippen molar-refractivity contribution >= 4 is 27.5 Å². The molecule has 0 bridgehead atoms. The third kappa shape index (κ3) is 2.96. The molecule has 0 aliphatic rings. The lowest BCUT2D eigenvalue weighted by atomic mass is 9.99. The molecule has 1 nitrogen and oxygen atoms in total. The van der Waals surface area contributed by atoms with Gasteiger partial charge in [-0.15, -0.1) is 0 Å². The van der Waals surface area contributed by atoms with Crippen molar-refractivity contribution in [3.63, 3.8) is 0 Å². The van der Waals surface area contributed by atoms with E-state index in [-0.39, 0.29) is 16.1 Å². The summed E-state index contributed by atoms with van der Waals surface area (Å²) >= 11 is 8.87. The predicted molar refractivity (Wildman–Crippen MR) is 74.3 cm³/mol. The highest BCUT2D eigenvalue weighted by molar-refractivity contribution is 9.10. The number of halogens is 4. The van der Waals surface area contributed by atoms with Gasteiger partial charge in [0.2, 0.25) is 0 Å². The molecule has 1 atom stereocenters. The summed E-state index contributed by atoms with van der Waals surface area (Å²) in [5.41, 5.74) is 0.950. The average molecular weight is 348 g/mol. The Morgan fingerprint density at radius 3 is 2.53 bits per heavy atom. The van der Waals surface area contributed by atoms with Crippen LogP contribution in [0.4, 0.5) is 8.78 Å². The van der Waals surface area contributed by atoms with Gasteiger partial charge in [0, 0.05) is 10.0 Å². The summed E-state index contributed by atoms with van der Waals surface area (Å²) < 4.78 is 27.7. The van der Waals surface area contributed by atoms with Gasteiger partial charge in [-0.2, -0.15) is 0 Å². The maximum Gasteiger partial charge on any atom is 0.149 e. The monoisotopic (exact) mass is 346 g/mol. The lowest BCUT2D eigenvalue weighted by Crippen LogP contribution is -2.04. The number of benzene rings is 2. The molecule has 0 aliphatic carbocycles. The van der Waals surface area contributed by atoms with Gasteiger partial charge in [-0.25, -0.2) is 8.78 Å². The Morgan fingerprint density at radius 1 is 1.21 bits per heavy atom. The molecule has 0 radical (unpaired) electrons.